The summed E-state index contributed by atoms with van der Waals surface area (Å²) >= 11 is 0. The van der Waals surface area contributed by atoms with E-state index in [4.69, 9.17) is 24.7 Å². The summed E-state index contributed by atoms with van der Waals surface area (Å²) in [6.45, 7) is 4.96. The van der Waals surface area contributed by atoms with Crippen LogP contribution in [0.1, 0.15) is 41.5 Å². The predicted molar refractivity (Wildman–Crippen MR) is 196 cm³/mol. The van der Waals surface area contributed by atoms with E-state index in [0.717, 1.165) is 54.4 Å². The van der Waals surface area contributed by atoms with Gasteiger partial charge in [-0.1, -0.05) is 109 Å². The van der Waals surface area contributed by atoms with Gasteiger partial charge in [0, 0.05) is 36.8 Å². The fraction of sp³-hybridized carbons (Fsp3) is 0.381. The molecule has 49 heavy (non-hydrogen) atoms. The van der Waals surface area contributed by atoms with Gasteiger partial charge in [-0.05, 0) is 60.5 Å². The zero-order chi connectivity index (χ0) is 33.5. The lowest BCUT2D eigenvalue weighted by Gasteiger charge is -2.48. The second kappa shape index (κ2) is 18.8. The molecule has 4 aromatic carbocycles. The van der Waals surface area contributed by atoms with Crippen LogP contribution in [0.5, 0.6) is 0 Å². The number of H-pyrrole nitrogens is 1. The molecule has 0 spiro atoms. The van der Waals surface area contributed by atoms with Crippen LogP contribution >= 0.6 is 0 Å². The number of aromatic nitrogens is 1. The molecule has 1 aliphatic heterocycles. The van der Waals surface area contributed by atoms with E-state index in [-0.39, 0.29) is 24.4 Å². The molecule has 1 saturated heterocycles. The average molecular weight is 662 g/mol. The van der Waals surface area contributed by atoms with Crippen LogP contribution < -0.4 is 5.73 Å². The SMILES string of the molecule is NCCCCCOC[C@@H]1[C@@H](OCc2ccccc2)[C@H](OCc2ccccc2)[C@@H](OCc2ccccc2)CN1CCc1c[nH]c2ccccc12. The van der Waals surface area contributed by atoms with Gasteiger partial charge < -0.3 is 29.7 Å². The number of nitrogens with two attached hydrogens (primary N) is 1. The van der Waals surface area contributed by atoms with Gasteiger partial charge in [0.25, 0.3) is 0 Å². The highest BCUT2D eigenvalue weighted by Gasteiger charge is 2.46. The van der Waals surface area contributed by atoms with Crippen molar-refractivity contribution in [2.45, 2.75) is 69.9 Å². The zero-order valence-electron chi connectivity index (χ0n) is 28.5. The molecule has 7 nitrogen and oxygen atoms in total. The van der Waals surface area contributed by atoms with E-state index < -0.39 is 0 Å². The predicted octanol–water partition coefficient (Wildman–Crippen LogP) is 7.30. The summed E-state index contributed by atoms with van der Waals surface area (Å²) in [4.78, 5) is 5.98. The molecule has 0 saturated carbocycles. The number of benzene rings is 4. The van der Waals surface area contributed by atoms with Gasteiger partial charge in [-0.3, -0.25) is 4.90 Å². The lowest BCUT2D eigenvalue weighted by atomic mass is 9.92. The Labute approximate surface area is 291 Å². The average Bonchev–Trinajstić information content (AvgIpc) is 3.57. The van der Waals surface area contributed by atoms with Gasteiger partial charge in [0.05, 0.1) is 38.6 Å². The van der Waals surface area contributed by atoms with E-state index in [2.05, 4.69) is 113 Å². The quantitative estimate of drug-likeness (QED) is 0.0905. The van der Waals surface area contributed by atoms with Crippen molar-refractivity contribution >= 4 is 10.9 Å². The van der Waals surface area contributed by atoms with Crippen LogP contribution in [0.4, 0.5) is 0 Å². The number of hydrogen-bond donors (Lipinski definition) is 2. The van der Waals surface area contributed by atoms with Crippen LogP contribution in [0.25, 0.3) is 10.9 Å². The molecule has 0 unspecified atom stereocenters. The summed E-state index contributed by atoms with van der Waals surface area (Å²) < 4.78 is 27.1. The number of hydrogen-bond acceptors (Lipinski definition) is 6. The third kappa shape index (κ3) is 10.1. The van der Waals surface area contributed by atoms with E-state index in [1.165, 1.54) is 10.9 Å². The summed E-state index contributed by atoms with van der Waals surface area (Å²) in [5, 5.41) is 1.27. The van der Waals surface area contributed by atoms with Gasteiger partial charge in [-0.2, -0.15) is 0 Å². The second-order valence-corrected chi connectivity index (χ2v) is 13.0. The van der Waals surface area contributed by atoms with E-state index in [1.54, 1.807) is 0 Å². The zero-order valence-corrected chi connectivity index (χ0v) is 28.5. The summed E-state index contributed by atoms with van der Waals surface area (Å²) in [6.07, 6.45) is 5.31. The molecule has 4 atom stereocenters. The summed E-state index contributed by atoms with van der Waals surface area (Å²) in [7, 11) is 0. The van der Waals surface area contributed by atoms with Crippen LogP contribution in [-0.4, -0.2) is 67.1 Å². The largest absolute Gasteiger partial charge is 0.380 e. The van der Waals surface area contributed by atoms with Crippen LogP contribution in [0, 0.1) is 0 Å². The van der Waals surface area contributed by atoms with Crippen molar-refractivity contribution in [3.05, 3.63) is 144 Å². The lowest BCUT2D eigenvalue weighted by Crippen LogP contribution is -2.64. The molecule has 6 rings (SSSR count). The number of piperidine rings is 1. The highest BCUT2D eigenvalue weighted by atomic mass is 16.6. The van der Waals surface area contributed by atoms with E-state index >= 15 is 0 Å². The molecule has 0 radical (unpaired) electrons. The first-order chi connectivity index (χ1) is 24.3. The smallest absolute Gasteiger partial charge is 0.113 e. The number of fused-ring (bicyclic) bond motifs is 1. The number of nitrogens with one attached hydrogen (secondary N) is 1. The monoisotopic (exact) mass is 661 g/mol. The number of ether oxygens (including phenoxy) is 4. The van der Waals surface area contributed by atoms with E-state index in [0.29, 0.717) is 46.1 Å². The number of rotatable bonds is 19. The van der Waals surface area contributed by atoms with Crippen molar-refractivity contribution in [1.82, 2.24) is 9.88 Å². The highest BCUT2D eigenvalue weighted by molar-refractivity contribution is 5.83. The van der Waals surface area contributed by atoms with Crippen molar-refractivity contribution < 1.29 is 18.9 Å². The second-order valence-electron chi connectivity index (χ2n) is 13.0. The van der Waals surface area contributed by atoms with Gasteiger partial charge in [0.15, 0.2) is 0 Å². The lowest BCUT2D eigenvalue weighted by molar-refractivity contribution is -0.210. The maximum Gasteiger partial charge on any atom is 0.113 e. The van der Waals surface area contributed by atoms with Gasteiger partial charge in [0.2, 0.25) is 0 Å². The van der Waals surface area contributed by atoms with E-state index in [1.807, 2.05) is 18.2 Å². The molecule has 0 bridgehead atoms. The van der Waals surface area contributed by atoms with Crippen molar-refractivity contribution in [3.8, 4) is 0 Å². The normalized spacial score (nSPS) is 19.8. The third-order valence-corrected chi connectivity index (χ3v) is 9.46. The Balaban J connectivity index is 1.29. The third-order valence-electron chi connectivity index (χ3n) is 9.46. The first kappa shape index (κ1) is 35.0. The van der Waals surface area contributed by atoms with Crippen LogP contribution in [0.2, 0.25) is 0 Å². The molecule has 1 fully saturated rings. The maximum atomic E-state index is 6.95. The topological polar surface area (TPSA) is 82.0 Å². The Kier molecular flexibility index (Phi) is 13.4. The number of para-hydroxylation sites is 1. The van der Waals surface area contributed by atoms with Crippen LogP contribution in [0.3, 0.4) is 0 Å². The molecular weight excluding hydrogens is 610 g/mol. The molecule has 7 heteroatoms. The minimum Gasteiger partial charge on any atom is -0.380 e. The van der Waals surface area contributed by atoms with Crippen LogP contribution in [-0.2, 0) is 45.2 Å². The van der Waals surface area contributed by atoms with Gasteiger partial charge >= 0.3 is 0 Å². The van der Waals surface area contributed by atoms with Gasteiger partial charge in [-0.25, -0.2) is 0 Å². The minimum atomic E-state index is -0.303. The van der Waals surface area contributed by atoms with Gasteiger partial charge in [0.1, 0.15) is 12.2 Å². The number of nitrogens with zero attached hydrogens (tertiary/aromatic N) is 1. The molecule has 258 valence electrons. The van der Waals surface area contributed by atoms with Gasteiger partial charge in [-0.15, -0.1) is 0 Å². The fourth-order valence-corrected chi connectivity index (χ4v) is 6.76. The van der Waals surface area contributed by atoms with Crippen molar-refractivity contribution in [1.29, 1.82) is 0 Å². The molecular formula is C42H51N3O4. The number of likely N-dealkylation sites (tertiary alicyclic amines) is 1. The van der Waals surface area contributed by atoms with E-state index in [9.17, 15) is 0 Å². The van der Waals surface area contributed by atoms with Crippen molar-refractivity contribution in [2.24, 2.45) is 5.73 Å². The Morgan fingerprint density at radius 2 is 1.24 bits per heavy atom. The standard InChI is InChI=1S/C42H51N3O4/c43-24-13-4-14-26-46-32-39-41(48-30-34-17-7-2-8-18-34)42(49-31-35-19-9-3-10-20-35)40(47-29-33-15-5-1-6-16-33)28-45(39)25-23-36-27-44-38-22-12-11-21-37(36)38/h1-3,5-12,15-22,27,39-42,44H,4,13-14,23-26,28-32,43H2/t39-,40+,41-,42-/m1/s1. The molecule has 0 amide bonds. The molecule has 2 heterocycles. The highest BCUT2D eigenvalue weighted by Crippen LogP contribution is 2.30. The summed E-state index contributed by atoms with van der Waals surface area (Å²) in [6, 6.07) is 39.6. The Bertz CT molecular complexity index is 1630. The molecule has 1 aliphatic rings. The Hall–Kier alpha value is -3.82. The number of aromatic amines is 1. The minimum absolute atomic E-state index is 0.0271. The fourth-order valence-electron chi connectivity index (χ4n) is 6.76. The summed E-state index contributed by atoms with van der Waals surface area (Å²) in [5.74, 6) is 0. The Morgan fingerprint density at radius 1 is 0.653 bits per heavy atom. The van der Waals surface area contributed by atoms with Crippen LogP contribution in [0.15, 0.2) is 121 Å². The molecule has 1 aromatic heterocycles. The molecule has 5 aromatic rings. The number of unbranched alkanes of at least 4 members (excludes halogenated alkanes) is 2. The molecule has 0 aliphatic carbocycles. The van der Waals surface area contributed by atoms with Crippen molar-refractivity contribution in [3.63, 3.8) is 0 Å². The summed E-state index contributed by atoms with van der Waals surface area (Å²) in [5.41, 5.74) is 11.6. The maximum absolute atomic E-state index is 6.95. The first-order valence-electron chi connectivity index (χ1n) is 17.8. The first-order valence-corrected chi connectivity index (χ1v) is 17.8. The molecule has 3 N–H and O–H groups in total. The Morgan fingerprint density at radius 3 is 1.90 bits per heavy atom. The van der Waals surface area contributed by atoms with Crippen molar-refractivity contribution in [2.75, 3.05) is 32.8 Å².